The summed E-state index contributed by atoms with van der Waals surface area (Å²) < 4.78 is 1.46. The van der Waals surface area contributed by atoms with E-state index in [0.717, 1.165) is 19.3 Å². The molecule has 0 aliphatic heterocycles. The lowest BCUT2D eigenvalue weighted by atomic mass is 9.80. The van der Waals surface area contributed by atoms with Crippen LogP contribution in [0.5, 0.6) is 0 Å². The molecule has 2 rings (SSSR count). The molecule has 0 aromatic carbocycles. The van der Waals surface area contributed by atoms with Crippen LogP contribution in [0.15, 0.2) is 6.20 Å². The van der Waals surface area contributed by atoms with Crippen molar-refractivity contribution in [3.8, 4) is 0 Å². The van der Waals surface area contributed by atoms with Crippen molar-refractivity contribution in [3.63, 3.8) is 0 Å². The number of hydrogen-bond acceptors (Lipinski definition) is 4. The maximum atomic E-state index is 11.6. The molecule has 1 aliphatic rings. The molecule has 0 saturated heterocycles. The van der Waals surface area contributed by atoms with E-state index in [-0.39, 0.29) is 29.6 Å². The Balaban J connectivity index is 1.94. The van der Waals surface area contributed by atoms with Gasteiger partial charge < -0.3 is 0 Å². The molecule has 5 heteroatoms. The highest BCUT2D eigenvalue weighted by Crippen LogP contribution is 2.28. The second-order valence-electron chi connectivity index (χ2n) is 3.97. The van der Waals surface area contributed by atoms with Gasteiger partial charge in [-0.3, -0.25) is 14.3 Å². The molecule has 15 heavy (non-hydrogen) atoms. The van der Waals surface area contributed by atoms with Crippen LogP contribution >= 0.6 is 0 Å². The van der Waals surface area contributed by atoms with Gasteiger partial charge in [0.25, 0.3) is 0 Å². The lowest BCUT2D eigenvalue weighted by Gasteiger charge is -2.23. The Bertz CT molecular complexity index is 393. The molecule has 1 aliphatic carbocycles. The van der Waals surface area contributed by atoms with Crippen molar-refractivity contribution in [3.05, 3.63) is 11.9 Å². The molecule has 0 radical (unpaired) electrons. The van der Waals surface area contributed by atoms with E-state index in [0.29, 0.717) is 0 Å². The third kappa shape index (κ3) is 2.11. The fourth-order valence-electron chi connectivity index (χ4n) is 1.60. The van der Waals surface area contributed by atoms with Crippen LogP contribution in [0.1, 0.15) is 36.2 Å². The first-order valence-electron chi connectivity index (χ1n) is 5.09. The van der Waals surface area contributed by atoms with Gasteiger partial charge in [0, 0.05) is 13.0 Å². The van der Waals surface area contributed by atoms with E-state index in [9.17, 15) is 9.59 Å². The predicted molar refractivity (Wildman–Crippen MR) is 52.3 cm³/mol. The Morgan fingerprint density at radius 1 is 1.53 bits per heavy atom. The second kappa shape index (κ2) is 3.92. The Morgan fingerprint density at radius 3 is 2.73 bits per heavy atom. The molecule has 1 saturated carbocycles. The largest absolute Gasteiger partial charge is 0.299 e. The molecule has 0 unspecified atom stereocenters. The Hall–Kier alpha value is -1.52. The Morgan fingerprint density at radius 2 is 2.27 bits per heavy atom. The van der Waals surface area contributed by atoms with E-state index in [4.69, 9.17) is 0 Å². The second-order valence-corrected chi connectivity index (χ2v) is 3.97. The van der Waals surface area contributed by atoms with Gasteiger partial charge in [0.15, 0.2) is 5.78 Å². The summed E-state index contributed by atoms with van der Waals surface area (Å²) in [5, 5.41) is 7.34. The van der Waals surface area contributed by atoms with Crippen molar-refractivity contribution < 1.29 is 9.59 Å². The predicted octanol–water partition coefficient (Wildman–Crippen LogP) is 0.757. The topological polar surface area (TPSA) is 64.8 Å². The quantitative estimate of drug-likeness (QED) is 0.540. The third-order valence-corrected chi connectivity index (χ3v) is 2.78. The van der Waals surface area contributed by atoms with Crippen molar-refractivity contribution in [1.29, 1.82) is 0 Å². The van der Waals surface area contributed by atoms with Crippen LogP contribution < -0.4 is 0 Å². The molecule has 0 bridgehead atoms. The zero-order valence-electron chi connectivity index (χ0n) is 8.64. The normalized spacial score (nSPS) is 16.1. The summed E-state index contributed by atoms with van der Waals surface area (Å²) in [6, 6.07) is 0. The Kier molecular flexibility index (Phi) is 2.62. The minimum absolute atomic E-state index is 0.0244. The molecule has 1 fully saturated rings. The van der Waals surface area contributed by atoms with Gasteiger partial charge in [0.05, 0.1) is 12.6 Å². The van der Waals surface area contributed by atoms with Gasteiger partial charge in [-0.15, -0.1) is 5.10 Å². The maximum Gasteiger partial charge on any atom is 0.192 e. The first-order valence-corrected chi connectivity index (χ1v) is 5.09. The highest BCUT2D eigenvalue weighted by molar-refractivity contribution is 6.07. The zero-order valence-corrected chi connectivity index (χ0v) is 8.64. The van der Waals surface area contributed by atoms with E-state index < -0.39 is 0 Å². The molecule has 5 nitrogen and oxygen atoms in total. The van der Waals surface area contributed by atoms with E-state index in [1.807, 2.05) is 0 Å². The number of rotatable bonds is 4. The molecule has 0 N–H and O–H groups in total. The molecule has 0 amide bonds. The van der Waals surface area contributed by atoms with Crippen molar-refractivity contribution in [2.24, 2.45) is 13.0 Å². The minimum atomic E-state index is -0.222. The van der Waals surface area contributed by atoms with Crippen molar-refractivity contribution in [1.82, 2.24) is 15.0 Å². The molecule has 1 aromatic heterocycles. The first kappa shape index (κ1) is 10.0. The molecule has 1 heterocycles. The third-order valence-electron chi connectivity index (χ3n) is 2.78. The highest BCUT2D eigenvalue weighted by Gasteiger charge is 2.27. The van der Waals surface area contributed by atoms with E-state index in [1.165, 1.54) is 10.9 Å². The Labute approximate surface area is 87.5 Å². The average Bonchev–Trinajstić information content (AvgIpc) is 2.48. The number of carbonyl (C=O) groups is 2. The van der Waals surface area contributed by atoms with Gasteiger partial charge >= 0.3 is 0 Å². The number of Topliss-reactive ketones (excluding diaryl/α,β-unsaturated/α-hetero) is 2. The van der Waals surface area contributed by atoms with Crippen LogP contribution in [-0.2, 0) is 11.8 Å². The summed E-state index contributed by atoms with van der Waals surface area (Å²) in [4.78, 5) is 23.1. The van der Waals surface area contributed by atoms with Gasteiger partial charge in [-0.2, -0.15) is 0 Å². The average molecular weight is 207 g/mol. The number of nitrogens with zero attached hydrogens (tertiary/aromatic N) is 3. The maximum absolute atomic E-state index is 11.6. The summed E-state index contributed by atoms with van der Waals surface area (Å²) in [5.41, 5.74) is 0.283. The van der Waals surface area contributed by atoms with Gasteiger partial charge in [0.2, 0.25) is 0 Å². The number of hydrogen-bond donors (Lipinski definition) is 0. The summed E-state index contributed by atoms with van der Waals surface area (Å²) >= 11 is 0. The highest BCUT2D eigenvalue weighted by atomic mass is 16.1. The van der Waals surface area contributed by atoms with Gasteiger partial charge in [0.1, 0.15) is 11.5 Å². The number of ketones is 2. The summed E-state index contributed by atoms with van der Waals surface area (Å²) in [5.74, 6) is -0.0532. The van der Waals surface area contributed by atoms with E-state index in [1.54, 1.807) is 7.05 Å². The first-order chi connectivity index (χ1) is 7.16. The van der Waals surface area contributed by atoms with Gasteiger partial charge in [-0.25, -0.2) is 0 Å². The summed E-state index contributed by atoms with van der Waals surface area (Å²) in [7, 11) is 1.69. The molecular weight excluding hydrogens is 194 g/mol. The van der Waals surface area contributed by atoms with Gasteiger partial charge in [-0.1, -0.05) is 11.6 Å². The van der Waals surface area contributed by atoms with Crippen LogP contribution in [0, 0.1) is 5.92 Å². The van der Waals surface area contributed by atoms with Crippen LogP contribution in [-0.4, -0.2) is 26.6 Å². The minimum Gasteiger partial charge on any atom is -0.299 e. The number of aromatic nitrogens is 3. The molecule has 80 valence electrons. The fraction of sp³-hybridized carbons (Fsp3) is 0.600. The van der Waals surface area contributed by atoms with Crippen LogP contribution in [0.3, 0.4) is 0 Å². The SMILES string of the molecule is Cn1cc(C(=O)CC(=O)C2CCC2)nn1. The van der Waals surface area contributed by atoms with Crippen molar-refractivity contribution in [2.45, 2.75) is 25.7 Å². The number of aryl methyl sites for hydroxylation is 1. The molecule has 0 spiro atoms. The molecular formula is C10H13N3O2. The monoisotopic (exact) mass is 207 g/mol. The van der Waals surface area contributed by atoms with Crippen LogP contribution in [0.2, 0.25) is 0 Å². The van der Waals surface area contributed by atoms with Crippen molar-refractivity contribution in [2.75, 3.05) is 0 Å². The fourth-order valence-corrected chi connectivity index (χ4v) is 1.60. The van der Waals surface area contributed by atoms with Crippen LogP contribution in [0.4, 0.5) is 0 Å². The van der Waals surface area contributed by atoms with Gasteiger partial charge in [-0.05, 0) is 12.8 Å². The van der Waals surface area contributed by atoms with Crippen molar-refractivity contribution >= 4 is 11.6 Å². The van der Waals surface area contributed by atoms with E-state index >= 15 is 0 Å². The summed E-state index contributed by atoms with van der Waals surface area (Å²) in [6.07, 6.45) is 4.49. The number of carbonyl (C=O) groups excluding carboxylic acids is 2. The standard InChI is InChI=1S/C10H13N3O2/c1-13-6-8(11-12-13)10(15)5-9(14)7-3-2-4-7/h6-7H,2-5H2,1H3. The smallest absolute Gasteiger partial charge is 0.192 e. The molecule has 1 aromatic rings. The molecule has 0 atom stereocenters. The summed E-state index contributed by atoms with van der Waals surface area (Å²) in [6.45, 7) is 0. The lowest BCUT2D eigenvalue weighted by molar-refractivity contribution is -0.124. The lowest BCUT2D eigenvalue weighted by Crippen LogP contribution is -2.24. The van der Waals surface area contributed by atoms with Crippen LogP contribution in [0.25, 0.3) is 0 Å². The zero-order chi connectivity index (χ0) is 10.8. The van der Waals surface area contributed by atoms with E-state index in [2.05, 4.69) is 10.3 Å².